The molecule has 1 aromatic heterocycles. The van der Waals surface area contributed by atoms with Gasteiger partial charge in [-0.15, -0.1) is 0 Å². The summed E-state index contributed by atoms with van der Waals surface area (Å²) in [6.07, 6.45) is 2.57. The fraction of sp³-hybridized carbons (Fsp3) is 0.364. The summed E-state index contributed by atoms with van der Waals surface area (Å²) in [6, 6.07) is 11.0. The fourth-order valence-corrected chi connectivity index (χ4v) is 5.77. The van der Waals surface area contributed by atoms with Crippen molar-refractivity contribution in [1.29, 1.82) is 0 Å². The molecule has 6 heteroatoms. The topological polar surface area (TPSA) is 59.2 Å². The van der Waals surface area contributed by atoms with Gasteiger partial charge in [0.1, 0.15) is 5.82 Å². The lowest BCUT2D eigenvalue weighted by Gasteiger charge is -2.45. The zero-order chi connectivity index (χ0) is 19.3. The number of nitrogens with zero attached hydrogens (tertiary/aromatic N) is 2. The van der Waals surface area contributed by atoms with Crippen molar-refractivity contribution in [3.05, 3.63) is 53.5 Å². The number of fused-ring (bicyclic) bond motifs is 4. The van der Waals surface area contributed by atoms with Gasteiger partial charge in [-0.2, -0.15) is 4.37 Å². The number of hydrogen-bond acceptors (Lipinski definition) is 4. The zero-order valence-corrected chi connectivity index (χ0v) is 16.3. The Hall–Kier alpha value is -2.31. The van der Waals surface area contributed by atoms with Crippen LogP contribution >= 0.6 is 11.5 Å². The van der Waals surface area contributed by atoms with Gasteiger partial charge in [-0.3, -0.25) is 4.79 Å². The molecule has 0 radical (unpaired) electrons. The summed E-state index contributed by atoms with van der Waals surface area (Å²) < 4.78 is 19.4. The van der Waals surface area contributed by atoms with Gasteiger partial charge in [0, 0.05) is 17.8 Å². The van der Waals surface area contributed by atoms with Gasteiger partial charge in [0.25, 0.3) is 0 Å². The van der Waals surface area contributed by atoms with Crippen molar-refractivity contribution >= 4 is 27.5 Å². The Kier molecular flexibility index (Phi) is 4.40. The molecule has 3 aliphatic heterocycles. The molecule has 0 spiro atoms. The van der Waals surface area contributed by atoms with Gasteiger partial charge >= 0.3 is 0 Å². The summed E-state index contributed by atoms with van der Waals surface area (Å²) >= 11 is 1.40. The SMILES string of the molecule is NC(=O)Cc1nsc2cc(-c3cccc(F)c3)cc(C3CN4CCC3CC4)c12. The third-order valence-electron chi connectivity index (χ3n) is 6.23. The van der Waals surface area contributed by atoms with Gasteiger partial charge < -0.3 is 10.6 Å². The smallest absolute Gasteiger partial charge is 0.223 e. The Balaban J connectivity index is 1.69. The Labute approximate surface area is 167 Å². The van der Waals surface area contributed by atoms with Crippen molar-refractivity contribution in [3.8, 4) is 11.1 Å². The number of piperidine rings is 3. The van der Waals surface area contributed by atoms with Crippen LogP contribution in [0.4, 0.5) is 4.39 Å². The Bertz CT molecular complexity index is 1060. The van der Waals surface area contributed by atoms with Gasteiger partial charge in [0.05, 0.1) is 16.8 Å². The van der Waals surface area contributed by atoms with Crippen LogP contribution in [0.5, 0.6) is 0 Å². The van der Waals surface area contributed by atoms with Crippen molar-refractivity contribution in [2.75, 3.05) is 19.6 Å². The minimum absolute atomic E-state index is 0.160. The first-order valence-corrected chi connectivity index (χ1v) is 10.5. The van der Waals surface area contributed by atoms with Crippen molar-refractivity contribution in [1.82, 2.24) is 9.27 Å². The van der Waals surface area contributed by atoms with Crippen molar-refractivity contribution in [3.63, 3.8) is 0 Å². The number of nitrogens with two attached hydrogens (primary N) is 1. The van der Waals surface area contributed by atoms with Crippen LogP contribution in [0.1, 0.15) is 30.0 Å². The lowest BCUT2D eigenvalue weighted by molar-refractivity contribution is -0.117. The summed E-state index contributed by atoms with van der Waals surface area (Å²) in [6.45, 7) is 3.38. The van der Waals surface area contributed by atoms with E-state index in [9.17, 15) is 9.18 Å². The molecule has 4 nitrogen and oxygen atoms in total. The summed E-state index contributed by atoms with van der Waals surface area (Å²) in [5, 5.41) is 1.09. The summed E-state index contributed by atoms with van der Waals surface area (Å²) in [5.74, 6) is 0.473. The van der Waals surface area contributed by atoms with E-state index in [0.29, 0.717) is 11.8 Å². The molecule has 1 atom stereocenters. The minimum atomic E-state index is -0.360. The van der Waals surface area contributed by atoms with Gasteiger partial charge in [0.15, 0.2) is 0 Å². The van der Waals surface area contributed by atoms with Crippen LogP contribution < -0.4 is 5.73 Å². The first-order chi connectivity index (χ1) is 13.6. The molecular weight excluding hydrogens is 373 g/mol. The number of hydrogen-bond donors (Lipinski definition) is 1. The van der Waals surface area contributed by atoms with E-state index in [1.54, 1.807) is 12.1 Å². The Morgan fingerprint density at radius 2 is 2.04 bits per heavy atom. The van der Waals surface area contributed by atoms with Crippen LogP contribution in [0.25, 0.3) is 21.2 Å². The Morgan fingerprint density at radius 1 is 1.21 bits per heavy atom. The molecule has 3 saturated heterocycles. The van der Waals surface area contributed by atoms with Crippen LogP contribution in [0, 0.1) is 11.7 Å². The number of carbonyl (C=O) groups is 1. The van der Waals surface area contributed by atoms with Crippen LogP contribution in [-0.4, -0.2) is 34.8 Å². The third kappa shape index (κ3) is 3.10. The molecule has 1 unspecified atom stereocenters. The molecule has 3 aromatic rings. The van der Waals surface area contributed by atoms with Crippen LogP contribution in [-0.2, 0) is 11.2 Å². The average Bonchev–Trinajstić information content (AvgIpc) is 3.10. The predicted molar refractivity (Wildman–Crippen MR) is 110 cm³/mol. The van der Waals surface area contributed by atoms with E-state index in [1.165, 1.54) is 49.1 Å². The molecule has 3 fully saturated rings. The summed E-state index contributed by atoms with van der Waals surface area (Å²) in [5.41, 5.74) is 9.38. The van der Waals surface area contributed by atoms with E-state index < -0.39 is 0 Å². The van der Waals surface area contributed by atoms with Crippen molar-refractivity contribution in [2.24, 2.45) is 11.7 Å². The van der Waals surface area contributed by atoms with Crippen molar-refractivity contribution < 1.29 is 9.18 Å². The van der Waals surface area contributed by atoms with Gasteiger partial charge in [-0.1, -0.05) is 18.2 Å². The van der Waals surface area contributed by atoms with E-state index >= 15 is 0 Å². The van der Waals surface area contributed by atoms with E-state index in [4.69, 9.17) is 5.73 Å². The average molecular weight is 396 g/mol. The van der Waals surface area contributed by atoms with Gasteiger partial charge in [-0.05, 0) is 78.3 Å². The van der Waals surface area contributed by atoms with E-state index in [2.05, 4.69) is 21.4 Å². The minimum Gasteiger partial charge on any atom is -0.369 e. The molecule has 28 heavy (non-hydrogen) atoms. The monoisotopic (exact) mass is 395 g/mol. The number of primary amides is 1. The van der Waals surface area contributed by atoms with Crippen molar-refractivity contribution in [2.45, 2.75) is 25.2 Å². The molecule has 1 amide bonds. The van der Waals surface area contributed by atoms with E-state index in [1.807, 2.05) is 6.07 Å². The molecular formula is C22H22FN3OS. The van der Waals surface area contributed by atoms with E-state index in [-0.39, 0.29) is 18.1 Å². The molecule has 4 heterocycles. The number of amides is 1. The number of rotatable bonds is 4. The lowest BCUT2D eigenvalue weighted by atomic mass is 9.74. The third-order valence-corrected chi connectivity index (χ3v) is 7.06. The Morgan fingerprint density at radius 3 is 2.71 bits per heavy atom. The maximum atomic E-state index is 13.8. The summed E-state index contributed by atoms with van der Waals surface area (Å²) in [4.78, 5) is 14.1. The maximum Gasteiger partial charge on any atom is 0.223 e. The second-order valence-electron chi connectivity index (χ2n) is 7.97. The molecule has 2 N–H and O–H groups in total. The maximum absolute atomic E-state index is 13.8. The van der Waals surface area contributed by atoms with Gasteiger partial charge in [-0.25, -0.2) is 4.39 Å². The molecule has 2 aromatic carbocycles. The highest BCUT2D eigenvalue weighted by molar-refractivity contribution is 7.13. The molecule has 2 bridgehead atoms. The predicted octanol–water partition coefficient (Wildman–Crippen LogP) is 3.94. The van der Waals surface area contributed by atoms with E-state index in [0.717, 1.165) is 33.5 Å². The second kappa shape index (κ2) is 6.94. The lowest BCUT2D eigenvalue weighted by Crippen LogP contribution is -2.46. The zero-order valence-electron chi connectivity index (χ0n) is 15.5. The van der Waals surface area contributed by atoms with Crippen LogP contribution in [0.2, 0.25) is 0 Å². The highest BCUT2D eigenvalue weighted by atomic mass is 32.1. The highest BCUT2D eigenvalue weighted by Gasteiger charge is 2.36. The number of halogens is 1. The number of benzene rings is 2. The molecule has 144 valence electrons. The molecule has 0 saturated carbocycles. The standard InChI is InChI=1S/C22H22FN3OS/c23-16-3-1-2-14(8-16)15-9-17(18-12-26-6-4-13(18)5-7-26)22-19(11-21(24)27)25-28-20(22)10-15/h1-3,8-10,13,18H,4-7,11-12H2,(H2,24,27). The second-order valence-corrected chi connectivity index (χ2v) is 8.77. The summed E-state index contributed by atoms with van der Waals surface area (Å²) in [7, 11) is 0. The van der Waals surface area contributed by atoms with Crippen LogP contribution in [0.15, 0.2) is 36.4 Å². The number of aromatic nitrogens is 1. The fourth-order valence-electron chi connectivity index (χ4n) is 4.90. The number of carbonyl (C=O) groups excluding carboxylic acids is 1. The normalized spacial score (nSPS) is 24.0. The molecule has 0 aliphatic carbocycles. The first kappa shape index (κ1) is 17.8. The first-order valence-electron chi connectivity index (χ1n) is 9.77. The highest BCUT2D eigenvalue weighted by Crippen LogP contribution is 2.44. The van der Waals surface area contributed by atoms with Crippen LogP contribution in [0.3, 0.4) is 0 Å². The largest absolute Gasteiger partial charge is 0.369 e. The van der Waals surface area contributed by atoms with Gasteiger partial charge in [0.2, 0.25) is 5.91 Å². The molecule has 3 aliphatic rings. The quantitative estimate of drug-likeness (QED) is 0.728. The molecule has 6 rings (SSSR count).